The molecule has 1 aliphatic carbocycles. The zero-order valence-electron chi connectivity index (χ0n) is 22.4. The molecule has 1 fully saturated rings. The van der Waals surface area contributed by atoms with Crippen LogP contribution in [0.1, 0.15) is 52.1 Å². The number of hydrogen-bond acceptors (Lipinski definition) is 7. The van der Waals surface area contributed by atoms with Gasteiger partial charge in [-0.3, -0.25) is 9.88 Å². The van der Waals surface area contributed by atoms with Crippen LogP contribution in [0.5, 0.6) is 0 Å². The third-order valence-corrected chi connectivity index (χ3v) is 7.09. The van der Waals surface area contributed by atoms with E-state index in [0.29, 0.717) is 28.9 Å². The van der Waals surface area contributed by atoms with E-state index in [2.05, 4.69) is 20.3 Å². The van der Waals surface area contributed by atoms with Gasteiger partial charge in [-0.15, -0.1) is 0 Å². The SMILES string of the molecule is CC(C)(C)OC(=O)N(Cc1ccc(N)cn1)[C@H]1CCCC(Nc2ncc(Cl)c(-c3c[nH]c4ccccc34)n2)C1. The van der Waals surface area contributed by atoms with Crippen LogP contribution in [0.25, 0.3) is 22.2 Å². The highest BCUT2D eigenvalue weighted by atomic mass is 35.5. The fourth-order valence-corrected chi connectivity index (χ4v) is 5.21. The molecule has 2 atom stereocenters. The molecule has 0 aliphatic heterocycles. The summed E-state index contributed by atoms with van der Waals surface area (Å²) in [5.74, 6) is 0.509. The van der Waals surface area contributed by atoms with Crippen molar-refractivity contribution in [2.75, 3.05) is 11.1 Å². The summed E-state index contributed by atoms with van der Waals surface area (Å²) in [6.07, 6.45) is 8.29. The summed E-state index contributed by atoms with van der Waals surface area (Å²) in [4.78, 5) is 32.0. The quantitative estimate of drug-likeness (QED) is 0.255. The zero-order valence-corrected chi connectivity index (χ0v) is 23.2. The van der Waals surface area contributed by atoms with E-state index in [1.165, 1.54) is 0 Å². The van der Waals surface area contributed by atoms with Gasteiger partial charge < -0.3 is 20.8 Å². The van der Waals surface area contributed by atoms with Crippen LogP contribution in [-0.2, 0) is 11.3 Å². The number of halogens is 1. The number of nitrogens with zero attached hydrogens (tertiary/aromatic N) is 4. The van der Waals surface area contributed by atoms with E-state index in [1.54, 1.807) is 23.4 Å². The normalized spacial score (nSPS) is 17.6. The maximum atomic E-state index is 13.3. The molecule has 0 radical (unpaired) electrons. The Morgan fingerprint density at radius 1 is 1.18 bits per heavy atom. The van der Waals surface area contributed by atoms with E-state index in [4.69, 9.17) is 27.1 Å². The van der Waals surface area contributed by atoms with Crippen LogP contribution < -0.4 is 11.1 Å². The summed E-state index contributed by atoms with van der Waals surface area (Å²) >= 11 is 6.53. The molecule has 39 heavy (non-hydrogen) atoms. The number of ether oxygens (including phenoxy) is 1. The second-order valence-electron chi connectivity index (χ2n) is 11.0. The number of carbonyl (C=O) groups excluding carboxylic acids is 1. The Kier molecular flexibility index (Phi) is 7.61. The fraction of sp³-hybridized carbons (Fsp3) is 0.379. The number of carbonyl (C=O) groups is 1. The number of aromatic nitrogens is 4. The van der Waals surface area contributed by atoms with Gasteiger partial charge in [-0.25, -0.2) is 14.8 Å². The number of benzene rings is 1. The number of para-hydroxylation sites is 1. The van der Waals surface area contributed by atoms with Gasteiger partial charge in [0.1, 0.15) is 5.60 Å². The second-order valence-corrected chi connectivity index (χ2v) is 11.4. The molecule has 1 aliphatic rings. The summed E-state index contributed by atoms with van der Waals surface area (Å²) in [5, 5.41) is 5.03. The molecule has 0 spiro atoms. The Morgan fingerprint density at radius 3 is 2.77 bits per heavy atom. The molecular formula is C29H34ClN7O2. The lowest BCUT2D eigenvalue weighted by atomic mass is 9.90. The predicted octanol–water partition coefficient (Wildman–Crippen LogP) is 6.42. The van der Waals surface area contributed by atoms with Gasteiger partial charge in [-0.2, -0.15) is 0 Å². The summed E-state index contributed by atoms with van der Waals surface area (Å²) in [6, 6.07) is 11.7. The third kappa shape index (κ3) is 6.42. The monoisotopic (exact) mass is 547 g/mol. The van der Waals surface area contributed by atoms with E-state index >= 15 is 0 Å². The highest BCUT2D eigenvalue weighted by Crippen LogP contribution is 2.33. The van der Waals surface area contributed by atoms with Crippen molar-refractivity contribution in [3.63, 3.8) is 0 Å². The van der Waals surface area contributed by atoms with Gasteiger partial charge in [0.25, 0.3) is 0 Å². The third-order valence-electron chi connectivity index (χ3n) is 6.82. The highest BCUT2D eigenvalue weighted by Gasteiger charge is 2.33. The lowest BCUT2D eigenvalue weighted by molar-refractivity contribution is 0.00907. The molecule has 9 nitrogen and oxygen atoms in total. The van der Waals surface area contributed by atoms with Gasteiger partial charge in [0.05, 0.1) is 41.0 Å². The molecule has 4 aromatic rings. The first-order valence-corrected chi connectivity index (χ1v) is 13.6. The van der Waals surface area contributed by atoms with Gasteiger partial charge in [0, 0.05) is 34.7 Å². The van der Waals surface area contributed by atoms with Gasteiger partial charge >= 0.3 is 6.09 Å². The average Bonchev–Trinajstić information content (AvgIpc) is 3.32. The molecule has 3 aromatic heterocycles. The van der Waals surface area contributed by atoms with Gasteiger partial charge in [0.15, 0.2) is 0 Å². The number of nitrogen functional groups attached to an aromatic ring is 1. The predicted molar refractivity (Wildman–Crippen MR) is 154 cm³/mol. The van der Waals surface area contributed by atoms with Crippen molar-refractivity contribution in [1.82, 2.24) is 24.8 Å². The van der Waals surface area contributed by atoms with Crippen molar-refractivity contribution in [2.24, 2.45) is 0 Å². The van der Waals surface area contributed by atoms with E-state index in [1.807, 2.05) is 57.3 Å². The Balaban J connectivity index is 1.35. The van der Waals surface area contributed by atoms with Crippen LogP contribution >= 0.6 is 11.6 Å². The average molecular weight is 548 g/mol. The molecule has 1 unspecified atom stereocenters. The lowest BCUT2D eigenvalue weighted by Gasteiger charge is -2.38. The maximum absolute atomic E-state index is 13.3. The number of anilines is 2. The van der Waals surface area contributed by atoms with Crippen molar-refractivity contribution in [3.05, 3.63) is 65.7 Å². The first-order chi connectivity index (χ1) is 18.7. The molecule has 1 amide bonds. The number of hydrogen-bond donors (Lipinski definition) is 3. The van der Waals surface area contributed by atoms with Gasteiger partial charge in [0.2, 0.25) is 5.95 Å². The number of pyridine rings is 1. The molecule has 3 heterocycles. The Hall–Kier alpha value is -3.85. The van der Waals surface area contributed by atoms with E-state index < -0.39 is 5.60 Å². The first kappa shape index (κ1) is 26.7. The second kappa shape index (κ2) is 11.1. The molecule has 4 N–H and O–H groups in total. The van der Waals surface area contributed by atoms with E-state index in [0.717, 1.165) is 47.8 Å². The fourth-order valence-electron chi connectivity index (χ4n) is 5.02. The van der Waals surface area contributed by atoms with Gasteiger partial charge in [-0.05, 0) is 64.7 Å². The molecule has 0 bridgehead atoms. The van der Waals surface area contributed by atoms with Crippen LogP contribution in [0.4, 0.5) is 16.4 Å². The van der Waals surface area contributed by atoms with Crippen molar-refractivity contribution in [1.29, 1.82) is 0 Å². The van der Waals surface area contributed by atoms with Crippen LogP contribution in [0.15, 0.2) is 55.0 Å². The number of aromatic amines is 1. The number of fused-ring (bicyclic) bond motifs is 1. The minimum Gasteiger partial charge on any atom is -0.444 e. The summed E-state index contributed by atoms with van der Waals surface area (Å²) in [5.41, 5.74) is 9.17. The number of H-pyrrole nitrogens is 1. The molecule has 1 aromatic carbocycles. The molecule has 204 valence electrons. The maximum Gasteiger partial charge on any atom is 0.410 e. The summed E-state index contributed by atoms with van der Waals surface area (Å²) in [7, 11) is 0. The number of nitrogens with two attached hydrogens (primary N) is 1. The van der Waals surface area contributed by atoms with Crippen molar-refractivity contribution < 1.29 is 9.53 Å². The molecule has 5 rings (SSSR count). The van der Waals surface area contributed by atoms with E-state index in [9.17, 15) is 4.79 Å². The van der Waals surface area contributed by atoms with Crippen LogP contribution in [0, 0.1) is 0 Å². The minimum atomic E-state index is -0.605. The molecule has 10 heteroatoms. The van der Waals surface area contributed by atoms with Crippen molar-refractivity contribution >= 4 is 40.2 Å². The number of amides is 1. The summed E-state index contributed by atoms with van der Waals surface area (Å²) < 4.78 is 5.78. The first-order valence-electron chi connectivity index (χ1n) is 13.2. The van der Waals surface area contributed by atoms with Crippen molar-refractivity contribution in [3.8, 4) is 11.3 Å². The molecule has 0 saturated heterocycles. The van der Waals surface area contributed by atoms with Crippen molar-refractivity contribution in [2.45, 2.75) is 70.7 Å². The molecule has 1 saturated carbocycles. The van der Waals surface area contributed by atoms with E-state index in [-0.39, 0.29) is 18.2 Å². The Morgan fingerprint density at radius 2 is 2.00 bits per heavy atom. The van der Waals surface area contributed by atoms with Crippen LogP contribution in [0.3, 0.4) is 0 Å². The Labute approximate surface area is 233 Å². The van der Waals surface area contributed by atoms with Gasteiger partial charge in [-0.1, -0.05) is 29.8 Å². The van der Waals surface area contributed by atoms with Crippen LogP contribution in [0.2, 0.25) is 5.02 Å². The summed E-state index contributed by atoms with van der Waals surface area (Å²) in [6.45, 7) is 5.96. The van der Waals surface area contributed by atoms with Crippen LogP contribution in [-0.4, -0.2) is 48.6 Å². The Bertz CT molecular complexity index is 1450. The topological polar surface area (TPSA) is 122 Å². The minimum absolute atomic E-state index is 0.0363. The lowest BCUT2D eigenvalue weighted by Crippen LogP contribution is -2.47. The number of nitrogens with one attached hydrogen (secondary N) is 2. The molecular weight excluding hydrogens is 514 g/mol. The number of rotatable bonds is 6. The highest BCUT2D eigenvalue weighted by molar-refractivity contribution is 6.33. The largest absolute Gasteiger partial charge is 0.444 e. The zero-order chi connectivity index (χ0) is 27.6. The standard InChI is InChI=1S/C29H34ClN7O2/c1-29(2,3)39-28(38)37(17-20-12-11-18(31)14-32-20)21-8-6-7-19(13-21)35-27-34-16-24(30)26(36-27)23-15-33-25-10-5-4-9-22(23)25/h4-5,9-12,14-16,19,21,33H,6-8,13,17,31H2,1-3H3,(H,34,35,36)/t19?,21-/m0/s1. The smallest absolute Gasteiger partial charge is 0.410 e.